The Balaban J connectivity index is 1.48. The fourth-order valence-corrected chi connectivity index (χ4v) is 7.79. The summed E-state index contributed by atoms with van der Waals surface area (Å²) in [5, 5.41) is 3.05. The number of hydrogen-bond donors (Lipinski definition) is 3. The second-order valence-corrected chi connectivity index (χ2v) is 17.0. The molecule has 0 bridgehead atoms. The normalized spacial score (nSPS) is 21.1. The van der Waals surface area contributed by atoms with Crippen LogP contribution in [0.25, 0.3) is 0 Å². The van der Waals surface area contributed by atoms with Crippen molar-refractivity contribution in [1.82, 2.24) is 0 Å². The Morgan fingerprint density at radius 2 is 1.71 bits per heavy atom. The van der Waals surface area contributed by atoms with Gasteiger partial charge in [0.25, 0.3) is 26.7 Å². The highest BCUT2D eigenvalue weighted by Crippen LogP contribution is 2.45. The van der Waals surface area contributed by atoms with Crippen molar-refractivity contribution in [3.8, 4) is 5.75 Å². The monoisotopic (exact) mass is 715 g/mol. The molecule has 0 radical (unpaired) electrons. The van der Waals surface area contributed by atoms with Gasteiger partial charge in [0.1, 0.15) is 5.75 Å². The van der Waals surface area contributed by atoms with Gasteiger partial charge in [0, 0.05) is 46.0 Å². The molecule has 2 aliphatic heterocycles. The van der Waals surface area contributed by atoms with E-state index in [4.69, 9.17) is 16.3 Å². The Hall–Kier alpha value is -3.55. The van der Waals surface area contributed by atoms with Gasteiger partial charge in [-0.15, -0.1) is 0 Å². The van der Waals surface area contributed by atoms with Gasteiger partial charge in [-0.25, -0.2) is 0 Å². The van der Waals surface area contributed by atoms with Crippen LogP contribution in [0.3, 0.4) is 0 Å². The number of nitrogens with zero attached hydrogens (tertiary/aromatic N) is 1. The van der Waals surface area contributed by atoms with Crippen molar-refractivity contribution in [2.24, 2.45) is 0 Å². The van der Waals surface area contributed by atoms with Crippen molar-refractivity contribution >= 4 is 55.4 Å². The van der Waals surface area contributed by atoms with Gasteiger partial charge in [0.15, 0.2) is 12.3 Å². The average Bonchev–Trinajstić information content (AvgIpc) is 3.38. The topological polar surface area (TPSA) is 150 Å². The van der Waals surface area contributed by atoms with Gasteiger partial charge >= 0.3 is 0 Å². The third-order valence-corrected chi connectivity index (χ3v) is 12.2. The van der Waals surface area contributed by atoms with Crippen LogP contribution < -0.4 is 10.1 Å². The maximum atomic E-state index is 11.8. The van der Waals surface area contributed by atoms with E-state index in [0.29, 0.717) is 23.8 Å². The van der Waals surface area contributed by atoms with Crippen LogP contribution in [0.1, 0.15) is 71.4 Å². The number of fused-ring (bicyclic) bond motifs is 2. The van der Waals surface area contributed by atoms with Crippen molar-refractivity contribution < 1.29 is 40.0 Å². The highest BCUT2D eigenvalue weighted by Gasteiger charge is 2.45. The molecule has 2 heterocycles. The van der Waals surface area contributed by atoms with E-state index in [-0.39, 0.29) is 11.3 Å². The predicted octanol–water partition coefficient (Wildman–Crippen LogP) is 6.96. The molecule has 0 saturated carbocycles. The van der Waals surface area contributed by atoms with Gasteiger partial charge in [0.2, 0.25) is 5.69 Å². The van der Waals surface area contributed by atoms with Crippen LogP contribution in [0.2, 0.25) is 0 Å². The summed E-state index contributed by atoms with van der Waals surface area (Å²) in [7, 11) is -8.54. The molecule has 0 amide bonds. The molecule has 1 unspecified atom stereocenters. The number of carbonyl (C=O) groups is 1. The standard InChI is InChI=1S/C35H39ClN2O8S2/c1-22(47(40,41)42)17-18-38-30-14-11-25(46-21-39)19-28(30)35(4,5)32(38)16-10-24-8-6-7-23(33(24)36)9-15-31-34(2,3)27-20-26(48(43,44)45)12-13-29(27)37-31/h9-16,19-22H,6-8,17-18H2,1-5H3,(H2,40,41,42,43,44,45)/p+1. The lowest BCUT2D eigenvalue weighted by Crippen LogP contribution is -2.29. The molecule has 13 heteroatoms. The molecule has 48 heavy (non-hydrogen) atoms. The van der Waals surface area contributed by atoms with Crippen molar-refractivity contribution in [3.05, 3.63) is 93.7 Å². The highest BCUT2D eigenvalue weighted by molar-refractivity contribution is 7.86. The molecule has 0 spiro atoms. The smallest absolute Gasteiger partial charge is 0.298 e. The Kier molecular flexibility index (Phi) is 9.72. The van der Waals surface area contributed by atoms with E-state index in [9.17, 15) is 30.7 Å². The third kappa shape index (κ3) is 6.95. The van der Waals surface area contributed by atoms with Crippen LogP contribution in [-0.2, 0) is 35.9 Å². The van der Waals surface area contributed by atoms with Crippen LogP contribution in [0, 0.1) is 0 Å². The third-order valence-electron chi connectivity index (χ3n) is 9.57. The van der Waals surface area contributed by atoms with E-state index in [0.717, 1.165) is 64.3 Å². The minimum Gasteiger partial charge on any atom is -0.429 e. The first kappa shape index (κ1) is 35.7. The fourth-order valence-electron chi connectivity index (χ4n) is 6.56. The number of rotatable bonds is 10. The summed E-state index contributed by atoms with van der Waals surface area (Å²) in [5.41, 5.74) is 5.87. The number of benzene rings is 2. The van der Waals surface area contributed by atoms with Crippen molar-refractivity contribution in [1.29, 1.82) is 0 Å². The molecule has 0 aromatic heterocycles. The van der Waals surface area contributed by atoms with Crippen LogP contribution in [0.15, 0.2) is 87.5 Å². The number of nitrogens with one attached hydrogen (secondary N) is 1. The highest BCUT2D eigenvalue weighted by atomic mass is 35.5. The molecule has 1 atom stereocenters. The molecule has 256 valence electrons. The summed E-state index contributed by atoms with van der Waals surface area (Å²) in [6, 6.07) is 9.85. The van der Waals surface area contributed by atoms with Crippen molar-refractivity contribution in [2.45, 2.75) is 81.3 Å². The molecule has 0 saturated heterocycles. The van der Waals surface area contributed by atoms with Gasteiger partial charge in [-0.2, -0.15) is 21.4 Å². The number of allylic oxidation sites excluding steroid dienone is 8. The van der Waals surface area contributed by atoms with Crippen LogP contribution >= 0.6 is 11.6 Å². The molecule has 5 rings (SSSR count). The lowest BCUT2D eigenvalue weighted by Gasteiger charge is -2.21. The van der Waals surface area contributed by atoms with Gasteiger partial charge in [0.05, 0.1) is 15.6 Å². The molecule has 3 aliphatic rings. The number of anilines is 1. The molecule has 1 aliphatic carbocycles. The number of ether oxygens (including phenoxy) is 1. The maximum absolute atomic E-state index is 11.8. The summed E-state index contributed by atoms with van der Waals surface area (Å²) < 4.78 is 73.3. The summed E-state index contributed by atoms with van der Waals surface area (Å²) >= 11 is 7.00. The van der Waals surface area contributed by atoms with E-state index in [1.165, 1.54) is 19.1 Å². The summed E-state index contributed by atoms with van der Waals surface area (Å²) in [4.78, 5) is 10.9. The molecule has 0 fully saturated rings. The zero-order chi connectivity index (χ0) is 35.2. The second kappa shape index (κ2) is 13.1. The van der Waals surface area contributed by atoms with Crippen LogP contribution in [-0.4, -0.2) is 54.5 Å². The molecular formula is C35H40ClN2O8S2+. The number of carbonyl (C=O) groups excluding carboxylic acids is 1. The zero-order valence-electron chi connectivity index (χ0n) is 27.4. The van der Waals surface area contributed by atoms with Gasteiger partial charge in [-0.3, -0.25) is 13.9 Å². The SMILES string of the molecule is CC(CC[N+]1=C(/C=C/C2=C(Cl)C(=C/C=C3/Nc4ccc(S(=O)(=O)O)cc4C3(C)C)/CCC2)C(C)(C)c2cc(OC=O)ccc21)S(=O)(=O)O. The molecule has 2 aromatic rings. The van der Waals surface area contributed by atoms with Crippen molar-refractivity contribution in [3.63, 3.8) is 0 Å². The van der Waals surface area contributed by atoms with E-state index in [1.54, 1.807) is 12.1 Å². The largest absolute Gasteiger partial charge is 0.429 e. The van der Waals surface area contributed by atoms with Crippen molar-refractivity contribution in [2.75, 3.05) is 11.9 Å². The minimum atomic E-state index is -4.34. The molecule has 10 nitrogen and oxygen atoms in total. The number of hydrogen-bond acceptors (Lipinski definition) is 7. The predicted molar refractivity (Wildman–Crippen MR) is 187 cm³/mol. The summed E-state index contributed by atoms with van der Waals surface area (Å²) in [6.45, 7) is 10.2. The maximum Gasteiger partial charge on any atom is 0.298 e. The minimum absolute atomic E-state index is 0.155. The van der Waals surface area contributed by atoms with Gasteiger partial charge in [-0.05, 0) is 93.2 Å². The molecule has 2 aromatic carbocycles. The molecule has 3 N–H and O–H groups in total. The Morgan fingerprint density at radius 1 is 0.979 bits per heavy atom. The lowest BCUT2D eigenvalue weighted by molar-refractivity contribution is -0.438. The van der Waals surface area contributed by atoms with E-state index >= 15 is 0 Å². The first-order chi connectivity index (χ1) is 22.4. The summed E-state index contributed by atoms with van der Waals surface area (Å²) in [6.07, 6.45) is 10.5. The van der Waals surface area contributed by atoms with E-state index < -0.39 is 36.3 Å². The Labute approximate surface area is 287 Å². The fraction of sp³-hybridized carbons (Fsp3) is 0.371. The summed E-state index contributed by atoms with van der Waals surface area (Å²) in [5.74, 6) is 0.400. The first-order valence-electron chi connectivity index (χ1n) is 15.6. The van der Waals surface area contributed by atoms with E-state index in [1.807, 2.05) is 68.7 Å². The number of halogens is 1. The molecular weight excluding hydrogens is 676 g/mol. The van der Waals surface area contributed by atoms with Crippen LogP contribution in [0.5, 0.6) is 5.75 Å². The first-order valence-corrected chi connectivity index (χ1v) is 18.9. The second-order valence-electron chi connectivity index (χ2n) is 13.4. The zero-order valence-corrected chi connectivity index (χ0v) is 29.8. The van der Waals surface area contributed by atoms with E-state index in [2.05, 4.69) is 5.32 Å². The van der Waals surface area contributed by atoms with Crippen LogP contribution in [0.4, 0.5) is 11.4 Å². The van der Waals surface area contributed by atoms with Gasteiger partial charge < -0.3 is 10.1 Å². The Morgan fingerprint density at radius 3 is 2.38 bits per heavy atom. The Bertz CT molecular complexity index is 2060. The average molecular weight is 716 g/mol. The lowest BCUT2D eigenvalue weighted by atomic mass is 9.81. The quantitative estimate of drug-likeness (QED) is 0.135. The van der Waals surface area contributed by atoms with Gasteiger partial charge in [-0.1, -0.05) is 37.6 Å².